The van der Waals surface area contributed by atoms with Gasteiger partial charge in [0, 0.05) is 29.0 Å². The predicted molar refractivity (Wildman–Crippen MR) is 135 cm³/mol. The van der Waals surface area contributed by atoms with Crippen LogP contribution in [0.2, 0.25) is 0 Å². The summed E-state index contributed by atoms with van der Waals surface area (Å²) < 4.78 is 0. The molecule has 178 valence electrons. The van der Waals surface area contributed by atoms with Gasteiger partial charge in [0.15, 0.2) is 0 Å². The van der Waals surface area contributed by atoms with Gasteiger partial charge in [-0.25, -0.2) is 0 Å². The molecule has 35 heavy (non-hydrogen) atoms. The van der Waals surface area contributed by atoms with Gasteiger partial charge >= 0.3 is 0 Å². The molecule has 5 heteroatoms. The van der Waals surface area contributed by atoms with Crippen molar-refractivity contribution >= 4 is 28.5 Å². The third kappa shape index (κ3) is 3.56. The maximum atomic E-state index is 13.9. The summed E-state index contributed by atoms with van der Waals surface area (Å²) in [5.41, 5.74) is 3.35. The largest absolute Gasteiger partial charge is 0.333 e. The van der Waals surface area contributed by atoms with Crippen molar-refractivity contribution in [2.24, 2.45) is 11.8 Å². The second-order valence-corrected chi connectivity index (χ2v) is 10.3. The van der Waals surface area contributed by atoms with Crippen LogP contribution < -0.4 is 0 Å². The molecule has 3 amide bonds. The molecule has 1 saturated carbocycles. The first kappa shape index (κ1) is 22.0. The molecule has 0 aromatic heterocycles. The van der Waals surface area contributed by atoms with E-state index in [0.717, 1.165) is 42.0 Å². The molecule has 0 spiro atoms. The van der Waals surface area contributed by atoms with E-state index in [1.165, 1.54) is 16.9 Å². The molecule has 2 heterocycles. The molecule has 5 nitrogen and oxygen atoms in total. The van der Waals surface area contributed by atoms with Crippen LogP contribution in [0.25, 0.3) is 10.8 Å². The average Bonchev–Trinajstić information content (AvgIpc) is 2.89. The van der Waals surface area contributed by atoms with Crippen LogP contribution in [0.5, 0.6) is 0 Å². The Morgan fingerprint density at radius 3 is 2.29 bits per heavy atom. The molecular weight excluding hydrogens is 436 g/mol. The molecule has 3 atom stereocenters. The summed E-state index contributed by atoms with van der Waals surface area (Å²) in [6, 6.07) is 19.0. The number of fused-ring (bicyclic) bond motifs is 1. The Hall–Kier alpha value is -3.47. The monoisotopic (exact) mass is 466 g/mol. The second kappa shape index (κ2) is 8.63. The van der Waals surface area contributed by atoms with Gasteiger partial charge < -0.3 is 4.90 Å². The minimum absolute atomic E-state index is 0.0127. The normalized spacial score (nSPS) is 24.0. The van der Waals surface area contributed by atoms with E-state index in [1.54, 1.807) is 12.1 Å². The highest BCUT2D eigenvalue weighted by Gasteiger charge is 2.41. The predicted octanol–water partition coefficient (Wildman–Crippen LogP) is 5.39. The van der Waals surface area contributed by atoms with Crippen molar-refractivity contribution in [3.05, 3.63) is 82.9 Å². The van der Waals surface area contributed by atoms with Gasteiger partial charge in [0.1, 0.15) is 0 Å². The number of carbonyl (C=O) groups is 3. The Kier molecular flexibility index (Phi) is 5.43. The standard InChI is InChI=1S/C30H30N2O3/c1-19-8-2-4-12-22(19)28(33)31-17-16-20-9-3-5-13-23(20)26(31)18-32-29(34)24-14-6-10-21-11-7-15-25(27(21)24)30(32)35/h3,5-7,9-11,13-15,19,22,26H,2,4,8,12,16-18H2,1H3. The first-order chi connectivity index (χ1) is 17.0. The molecule has 1 fully saturated rings. The van der Waals surface area contributed by atoms with Gasteiger partial charge in [0.05, 0.1) is 12.6 Å². The highest BCUT2D eigenvalue weighted by molar-refractivity contribution is 6.25. The van der Waals surface area contributed by atoms with Gasteiger partial charge in [0.2, 0.25) is 5.91 Å². The molecule has 3 unspecified atom stereocenters. The molecule has 3 aromatic carbocycles. The molecule has 0 N–H and O–H groups in total. The van der Waals surface area contributed by atoms with Crippen LogP contribution in [-0.2, 0) is 11.2 Å². The molecule has 2 aliphatic heterocycles. The van der Waals surface area contributed by atoms with Gasteiger partial charge in [0.25, 0.3) is 11.8 Å². The van der Waals surface area contributed by atoms with Gasteiger partial charge in [-0.05, 0) is 53.8 Å². The number of benzene rings is 3. The van der Waals surface area contributed by atoms with E-state index in [2.05, 4.69) is 19.1 Å². The summed E-state index contributed by atoms with van der Waals surface area (Å²) in [4.78, 5) is 44.5. The number of hydrogen-bond acceptors (Lipinski definition) is 3. The fourth-order valence-corrected chi connectivity index (χ4v) is 6.43. The summed E-state index contributed by atoms with van der Waals surface area (Å²) in [5, 5.41) is 1.63. The van der Waals surface area contributed by atoms with Crippen molar-refractivity contribution in [3.63, 3.8) is 0 Å². The van der Waals surface area contributed by atoms with E-state index in [4.69, 9.17) is 0 Å². The van der Waals surface area contributed by atoms with E-state index in [0.29, 0.717) is 23.6 Å². The van der Waals surface area contributed by atoms with Crippen molar-refractivity contribution in [1.29, 1.82) is 0 Å². The lowest BCUT2D eigenvalue weighted by Crippen LogP contribution is -2.51. The third-order valence-electron chi connectivity index (χ3n) is 8.34. The number of rotatable bonds is 3. The lowest BCUT2D eigenvalue weighted by atomic mass is 9.78. The number of nitrogens with zero attached hydrogens (tertiary/aromatic N) is 2. The van der Waals surface area contributed by atoms with E-state index in [-0.39, 0.29) is 36.2 Å². The molecule has 0 radical (unpaired) electrons. The van der Waals surface area contributed by atoms with Crippen molar-refractivity contribution in [1.82, 2.24) is 9.80 Å². The van der Waals surface area contributed by atoms with Crippen LogP contribution in [0.1, 0.15) is 70.5 Å². The number of carbonyl (C=O) groups excluding carboxylic acids is 3. The quantitative estimate of drug-likeness (QED) is 0.487. The fourth-order valence-electron chi connectivity index (χ4n) is 6.43. The summed E-state index contributed by atoms with van der Waals surface area (Å²) in [5.74, 6) is -0.00626. The van der Waals surface area contributed by atoms with Crippen LogP contribution in [0.3, 0.4) is 0 Å². The SMILES string of the molecule is CC1CCCCC1C(=O)N1CCc2ccccc2C1CN1C(=O)c2cccc3cccc(c23)C1=O. The number of hydrogen-bond donors (Lipinski definition) is 0. The smallest absolute Gasteiger partial charge is 0.261 e. The van der Waals surface area contributed by atoms with Crippen molar-refractivity contribution in [2.45, 2.75) is 45.1 Å². The zero-order valence-electron chi connectivity index (χ0n) is 20.1. The summed E-state index contributed by atoms with van der Waals surface area (Å²) in [6.07, 6.45) is 5.05. The van der Waals surface area contributed by atoms with Crippen molar-refractivity contribution in [2.75, 3.05) is 13.1 Å². The molecule has 1 aliphatic carbocycles. The molecule has 6 rings (SSSR count). The topological polar surface area (TPSA) is 57.7 Å². The first-order valence-corrected chi connectivity index (χ1v) is 12.8. The van der Waals surface area contributed by atoms with E-state index in [1.807, 2.05) is 41.3 Å². The van der Waals surface area contributed by atoms with Crippen LogP contribution in [0.15, 0.2) is 60.7 Å². The maximum Gasteiger partial charge on any atom is 0.261 e. The van der Waals surface area contributed by atoms with Gasteiger partial charge in [-0.3, -0.25) is 19.3 Å². The Bertz CT molecular complexity index is 1300. The minimum atomic E-state index is -0.334. The van der Waals surface area contributed by atoms with Gasteiger partial charge in [-0.15, -0.1) is 0 Å². The van der Waals surface area contributed by atoms with Crippen molar-refractivity contribution in [3.8, 4) is 0 Å². The Morgan fingerprint density at radius 1 is 0.886 bits per heavy atom. The lowest BCUT2D eigenvalue weighted by molar-refractivity contribution is -0.141. The van der Waals surface area contributed by atoms with Crippen LogP contribution >= 0.6 is 0 Å². The first-order valence-electron chi connectivity index (χ1n) is 12.8. The molecule has 0 bridgehead atoms. The Labute approximate surface area is 205 Å². The lowest BCUT2D eigenvalue weighted by Gasteiger charge is -2.43. The van der Waals surface area contributed by atoms with Crippen LogP contribution in [-0.4, -0.2) is 40.6 Å². The fraction of sp³-hybridized carbons (Fsp3) is 0.367. The summed E-state index contributed by atoms with van der Waals surface area (Å²) >= 11 is 0. The van der Waals surface area contributed by atoms with Gasteiger partial charge in [-0.1, -0.05) is 68.3 Å². The van der Waals surface area contributed by atoms with Crippen LogP contribution in [0, 0.1) is 11.8 Å². The van der Waals surface area contributed by atoms with Crippen LogP contribution in [0.4, 0.5) is 0 Å². The minimum Gasteiger partial charge on any atom is -0.333 e. The zero-order valence-corrected chi connectivity index (χ0v) is 20.1. The summed E-state index contributed by atoms with van der Waals surface area (Å²) in [6.45, 7) is 2.97. The van der Waals surface area contributed by atoms with Gasteiger partial charge in [-0.2, -0.15) is 0 Å². The third-order valence-corrected chi connectivity index (χ3v) is 8.34. The average molecular weight is 467 g/mol. The second-order valence-electron chi connectivity index (χ2n) is 10.3. The van der Waals surface area contributed by atoms with E-state index >= 15 is 0 Å². The summed E-state index contributed by atoms with van der Waals surface area (Å²) in [7, 11) is 0. The molecular formula is C30H30N2O3. The Morgan fingerprint density at radius 2 is 1.57 bits per heavy atom. The highest BCUT2D eigenvalue weighted by Crippen LogP contribution is 2.38. The highest BCUT2D eigenvalue weighted by atomic mass is 16.2. The maximum absolute atomic E-state index is 13.9. The molecule has 0 saturated heterocycles. The zero-order chi connectivity index (χ0) is 24.1. The van der Waals surface area contributed by atoms with Crippen molar-refractivity contribution < 1.29 is 14.4 Å². The molecule has 3 aliphatic rings. The number of amides is 3. The number of imide groups is 1. The van der Waals surface area contributed by atoms with E-state index in [9.17, 15) is 14.4 Å². The Balaban J connectivity index is 1.39. The molecule has 3 aromatic rings. The van der Waals surface area contributed by atoms with E-state index < -0.39 is 0 Å².